The molecule has 100 valence electrons. The quantitative estimate of drug-likeness (QED) is 0.896. The highest BCUT2D eigenvalue weighted by atomic mass is 35.5. The van der Waals surface area contributed by atoms with E-state index in [-0.39, 0.29) is 22.9 Å². The number of hydrogen-bond donors (Lipinski definition) is 2. The van der Waals surface area contributed by atoms with Crippen LogP contribution in [0.1, 0.15) is 6.92 Å². The average molecular weight is 284 g/mol. The summed E-state index contributed by atoms with van der Waals surface area (Å²) in [5.41, 5.74) is 5.99. The summed E-state index contributed by atoms with van der Waals surface area (Å²) >= 11 is 5.88. The highest BCUT2D eigenvalue weighted by Crippen LogP contribution is 2.25. The lowest BCUT2D eigenvalue weighted by atomic mass is 10.3. The van der Waals surface area contributed by atoms with Gasteiger partial charge in [0.15, 0.2) is 0 Å². The van der Waals surface area contributed by atoms with Crippen LogP contribution in [0.4, 0.5) is 22.0 Å². The van der Waals surface area contributed by atoms with E-state index in [0.717, 1.165) is 0 Å². The minimum absolute atomic E-state index is 0.0131. The highest BCUT2D eigenvalue weighted by molar-refractivity contribution is 6.33. The second-order valence-electron chi connectivity index (χ2n) is 3.48. The molecule has 0 bridgehead atoms. The zero-order valence-electron chi connectivity index (χ0n) is 10.0. The number of nitrogens with two attached hydrogens (primary N) is 1. The van der Waals surface area contributed by atoms with Gasteiger partial charge in [0.05, 0.1) is 17.3 Å². The number of halogens is 2. The number of ether oxygens (including phenoxy) is 1. The van der Waals surface area contributed by atoms with Gasteiger partial charge in [-0.3, -0.25) is 0 Å². The summed E-state index contributed by atoms with van der Waals surface area (Å²) in [6.45, 7) is 2.20. The van der Waals surface area contributed by atoms with Crippen LogP contribution in [0.15, 0.2) is 18.2 Å². The van der Waals surface area contributed by atoms with Gasteiger partial charge in [-0.05, 0) is 25.1 Å². The third-order valence-electron chi connectivity index (χ3n) is 2.08. The number of benzene rings is 1. The predicted molar refractivity (Wildman–Crippen MR) is 70.1 cm³/mol. The molecule has 0 aliphatic heterocycles. The van der Waals surface area contributed by atoms with E-state index < -0.39 is 5.82 Å². The van der Waals surface area contributed by atoms with Crippen molar-refractivity contribution in [3.63, 3.8) is 0 Å². The van der Waals surface area contributed by atoms with Crippen LogP contribution in [0.3, 0.4) is 0 Å². The van der Waals surface area contributed by atoms with E-state index in [0.29, 0.717) is 12.3 Å². The van der Waals surface area contributed by atoms with Gasteiger partial charge < -0.3 is 15.8 Å². The molecular weight excluding hydrogens is 273 g/mol. The third-order valence-corrected chi connectivity index (χ3v) is 2.40. The van der Waals surface area contributed by atoms with Gasteiger partial charge in [-0.25, -0.2) is 4.39 Å². The van der Waals surface area contributed by atoms with E-state index in [2.05, 4.69) is 20.3 Å². The van der Waals surface area contributed by atoms with Gasteiger partial charge in [0.2, 0.25) is 11.9 Å². The molecule has 1 aromatic heterocycles. The van der Waals surface area contributed by atoms with Crippen molar-refractivity contribution in [1.82, 2.24) is 15.0 Å². The summed E-state index contributed by atoms with van der Waals surface area (Å²) in [6.07, 6.45) is 0. The van der Waals surface area contributed by atoms with E-state index in [9.17, 15) is 4.39 Å². The normalized spacial score (nSPS) is 10.3. The standard InChI is InChI=1S/C11H11ClFN5O/c1-2-19-11-17-9(14)16-10(18-11)15-8-4-3-6(13)5-7(8)12/h3-5H,2H2,1H3,(H3,14,15,16,17,18). The molecule has 1 heterocycles. The molecule has 0 unspecified atom stereocenters. The summed E-state index contributed by atoms with van der Waals surface area (Å²) < 4.78 is 18.1. The Morgan fingerprint density at radius 3 is 2.84 bits per heavy atom. The Morgan fingerprint density at radius 1 is 1.37 bits per heavy atom. The Morgan fingerprint density at radius 2 is 2.16 bits per heavy atom. The Kier molecular flexibility index (Phi) is 3.96. The Labute approximate surface area is 113 Å². The van der Waals surface area contributed by atoms with Gasteiger partial charge >= 0.3 is 6.01 Å². The van der Waals surface area contributed by atoms with Gasteiger partial charge in [0, 0.05) is 0 Å². The van der Waals surface area contributed by atoms with Crippen LogP contribution in [0.2, 0.25) is 5.02 Å². The van der Waals surface area contributed by atoms with E-state index in [1.165, 1.54) is 18.2 Å². The molecule has 0 radical (unpaired) electrons. The zero-order valence-corrected chi connectivity index (χ0v) is 10.8. The number of anilines is 3. The van der Waals surface area contributed by atoms with Crippen LogP contribution in [-0.4, -0.2) is 21.6 Å². The zero-order chi connectivity index (χ0) is 13.8. The fourth-order valence-corrected chi connectivity index (χ4v) is 1.55. The highest BCUT2D eigenvalue weighted by Gasteiger charge is 2.08. The van der Waals surface area contributed by atoms with Crippen LogP contribution in [0, 0.1) is 5.82 Å². The predicted octanol–water partition coefficient (Wildman–Crippen LogP) is 2.39. The molecular formula is C11H11ClFN5O. The van der Waals surface area contributed by atoms with Gasteiger partial charge in [0.25, 0.3) is 0 Å². The van der Waals surface area contributed by atoms with Gasteiger partial charge in [-0.1, -0.05) is 11.6 Å². The lowest BCUT2D eigenvalue weighted by molar-refractivity contribution is 0.312. The fraction of sp³-hybridized carbons (Fsp3) is 0.182. The number of nitrogens with one attached hydrogen (secondary N) is 1. The summed E-state index contributed by atoms with van der Waals surface area (Å²) in [7, 11) is 0. The largest absolute Gasteiger partial charge is 0.464 e. The van der Waals surface area contributed by atoms with Crippen molar-refractivity contribution in [2.45, 2.75) is 6.92 Å². The lowest BCUT2D eigenvalue weighted by Gasteiger charge is -2.08. The molecule has 0 saturated heterocycles. The first kappa shape index (κ1) is 13.3. The van der Waals surface area contributed by atoms with Crippen molar-refractivity contribution in [1.29, 1.82) is 0 Å². The molecule has 0 fully saturated rings. The maximum Gasteiger partial charge on any atom is 0.323 e. The molecule has 0 amide bonds. The van der Waals surface area contributed by atoms with Crippen molar-refractivity contribution in [3.05, 3.63) is 29.0 Å². The molecule has 3 N–H and O–H groups in total. The van der Waals surface area contributed by atoms with Crippen molar-refractivity contribution < 1.29 is 9.13 Å². The second kappa shape index (κ2) is 5.66. The number of hydrogen-bond acceptors (Lipinski definition) is 6. The molecule has 0 atom stereocenters. The summed E-state index contributed by atoms with van der Waals surface area (Å²) in [6, 6.07) is 4.02. The Hall–Kier alpha value is -2.15. The molecule has 8 heteroatoms. The first-order valence-corrected chi connectivity index (χ1v) is 5.82. The summed E-state index contributed by atoms with van der Waals surface area (Å²) in [4.78, 5) is 11.7. The lowest BCUT2D eigenvalue weighted by Crippen LogP contribution is -2.06. The topological polar surface area (TPSA) is 86.0 Å². The van der Waals surface area contributed by atoms with Gasteiger partial charge in [0.1, 0.15) is 5.82 Å². The summed E-state index contributed by atoms with van der Waals surface area (Å²) in [5.74, 6) is -0.246. The first-order chi connectivity index (χ1) is 9.08. The smallest absolute Gasteiger partial charge is 0.323 e. The molecule has 0 saturated carbocycles. The molecule has 19 heavy (non-hydrogen) atoms. The fourth-order valence-electron chi connectivity index (χ4n) is 1.33. The second-order valence-corrected chi connectivity index (χ2v) is 3.89. The maximum atomic E-state index is 12.9. The van der Waals surface area contributed by atoms with E-state index >= 15 is 0 Å². The van der Waals surface area contributed by atoms with Crippen molar-refractivity contribution in [3.8, 4) is 6.01 Å². The molecule has 0 aliphatic rings. The number of nitrogen functional groups attached to an aromatic ring is 1. The minimum Gasteiger partial charge on any atom is -0.464 e. The van der Waals surface area contributed by atoms with Gasteiger partial charge in [-0.15, -0.1) is 0 Å². The molecule has 0 aliphatic carbocycles. The van der Waals surface area contributed by atoms with Crippen molar-refractivity contribution in [2.24, 2.45) is 0 Å². The summed E-state index contributed by atoms with van der Waals surface area (Å²) in [5, 5.41) is 3.02. The van der Waals surface area contributed by atoms with Crippen LogP contribution < -0.4 is 15.8 Å². The van der Waals surface area contributed by atoms with E-state index in [1.807, 2.05) is 0 Å². The minimum atomic E-state index is -0.430. The third kappa shape index (κ3) is 3.41. The molecule has 6 nitrogen and oxygen atoms in total. The van der Waals surface area contributed by atoms with Crippen molar-refractivity contribution in [2.75, 3.05) is 17.7 Å². The monoisotopic (exact) mass is 283 g/mol. The van der Waals surface area contributed by atoms with Gasteiger partial charge in [-0.2, -0.15) is 15.0 Å². The average Bonchev–Trinajstić information content (AvgIpc) is 2.32. The number of rotatable bonds is 4. The van der Waals surface area contributed by atoms with Crippen molar-refractivity contribution >= 4 is 29.2 Å². The number of aromatic nitrogens is 3. The number of nitrogens with zero attached hydrogens (tertiary/aromatic N) is 3. The Balaban J connectivity index is 2.27. The maximum absolute atomic E-state index is 12.9. The van der Waals surface area contributed by atoms with E-state index in [1.54, 1.807) is 6.92 Å². The van der Waals surface area contributed by atoms with Crippen LogP contribution >= 0.6 is 11.6 Å². The SMILES string of the molecule is CCOc1nc(N)nc(Nc2ccc(F)cc2Cl)n1. The van der Waals surface area contributed by atoms with Crippen LogP contribution in [-0.2, 0) is 0 Å². The molecule has 1 aromatic carbocycles. The van der Waals surface area contributed by atoms with Crippen LogP contribution in [0.25, 0.3) is 0 Å². The molecule has 2 rings (SSSR count). The molecule has 2 aromatic rings. The van der Waals surface area contributed by atoms with E-state index in [4.69, 9.17) is 22.1 Å². The Bertz CT molecular complexity index is 595. The molecule has 0 spiro atoms. The first-order valence-electron chi connectivity index (χ1n) is 5.45. The van der Waals surface area contributed by atoms with Crippen LogP contribution in [0.5, 0.6) is 6.01 Å².